The van der Waals surface area contributed by atoms with Crippen molar-refractivity contribution in [2.45, 2.75) is 31.9 Å². The normalized spacial score (nSPS) is 19.6. The molecule has 2 aromatic rings. The second-order valence-electron chi connectivity index (χ2n) is 6.60. The highest BCUT2D eigenvalue weighted by Crippen LogP contribution is 2.24. The lowest BCUT2D eigenvalue weighted by Gasteiger charge is -2.28. The van der Waals surface area contributed by atoms with Crippen LogP contribution in [0, 0.1) is 6.92 Å². The number of hydrogen-bond acceptors (Lipinski definition) is 5. The van der Waals surface area contributed by atoms with Gasteiger partial charge in [-0.05, 0) is 49.1 Å². The van der Waals surface area contributed by atoms with Gasteiger partial charge in [-0.25, -0.2) is 4.98 Å². The Morgan fingerprint density at radius 3 is 2.81 bits per heavy atom. The fourth-order valence-electron chi connectivity index (χ4n) is 3.04. The van der Waals surface area contributed by atoms with Gasteiger partial charge in [-0.15, -0.1) is 0 Å². The number of carbonyl (C=O) groups excluding carboxylic acids is 1. The molecular formula is C20H23ClN2O4. The summed E-state index contributed by atoms with van der Waals surface area (Å²) in [5, 5.41) is 13.4. The number of aryl methyl sites for hydroxylation is 1. The molecule has 1 saturated heterocycles. The molecule has 1 aliphatic heterocycles. The highest BCUT2D eigenvalue weighted by molar-refractivity contribution is 6.32. The first kappa shape index (κ1) is 19.6. The van der Waals surface area contributed by atoms with E-state index in [-0.39, 0.29) is 18.2 Å². The molecule has 1 aromatic heterocycles. The number of amides is 1. The number of ether oxygens (including phenoxy) is 2. The van der Waals surface area contributed by atoms with Gasteiger partial charge in [-0.3, -0.25) is 4.79 Å². The van der Waals surface area contributed by atoms with Crippen molar-refractivity contribution in [2.24, 2.45) is 0 Å². The average molecular weight is 391 g/mol. The first-order chi connectivity index (χ1) is 13.0. The van der Waals surface area contributed by atoms with Gasteiger partial charge in [0.25, 0.3) is 5.91 Å². The molecule has 2 atom stereocenters. The summed E-state index contributed by atoms with van der Waals surface area (Å²) in [5.41, 5.74) is 2.73. The zero-order chi connectivity index (χ0) is 19.4. The molecule has 0 radical (unpaired) electrons. The Morgan fingerprint density at radius 2 is 2.15 bits per heavy atom. The van der Waals surface area contributed by atoms with E-state index in [0.29, 0.717) is 30.2 Å². The minimum absolute atomic E-state index is 0.276. The van der Waals surface area contributed by atoms with Gasteiger partial charge >= 0.3 is 0 Å². The van der Waals surface area contributed by atoms with Gasteiger partial charge in [0.2, 0.25) is 0 Å². The maximum absolute atomic E-state index is 12.6. The number of nitrogens with zero attached hydrogens (tertiary/aromatic N) is 1. The lowest BCUT2D eigenvalue weighted by molar-refractivity contribution is -0.0140. The van der Waals surface area contributed by atoms with Crippen molar-refractivity contribution in [1.29, 1.82) is 0 Å². The number of aliphatic hydroxyl groups is 1. The zero-order valence-corrected chi connectivity index (χ0v) is 16.1. The van der Waals surface area contributed by atoms with Gasteiger partial charge in [-0.1, -0.05) is 23.7 Å². The van der Waals surface area contributed by atoms with Crippen LogP contribution in [0.5, 0.6) is 5.75 Å². The van der Waals surface area contributed by atoms with E-state index >= 15 is 0 Å². The minimum Gasteiger partial charge on any atom is -0.497 e. The quantitative estimate of drug-likeness (QED) is 0.820. The molecule has 0 saturated carbocycles. The van der Waals surface area contributed by atoms with Gasteiger partial charge in [0, 0.05) is 6.61 Å². The van der Waals surface area contributed by atoms with Crippen LogP contribution in [0.25, 0.3) is 0 Å². The highest BCUT2D eigenvalue weighted by Gasteiger charge is 2.26. The van der Waals surface area contributed by atoms with Crippen LogP contribution in [0.2, 0.25) is 5.02 Å². The molecule has 0 spiro atoms. The molecule has 144 valence electrons. The van der Waals surface area contributed by atoms with Crippen LogP contribution in [-0.2, 0) is 11.2 Å². The monoisotopic (exact) mass is 390 g/mol. The Labute approximate surface area is 163 Å². The molecule has 2 heterocycles. The topological polar surface area (TPSA) is 80.7 Å². The second-order valence-corrected chi connectivity index (χ2v) is 6.98. The third kappa shape index (κ3) is 4.77. The first-order valence-electron chi connectivity index (χ1n) is 8.83. The largest absolute Gasteiger partial charge is 0.497 e. The van der Waals surface area contributed by atoms with Gasteiger partial charge in [0.15, 0.2) is 0 Å². The lowest BCUT2D eigenvalue weighted by Crippen LogP contribution is -2.49. The van der Waals surface area contributed by atoms with Gasteiger partial charge in [0.1, 0.15) is 11.4 Å². The van der Waals surface area contributed by atoms with E-state index in [1.807, 2.05) is 24.3 Å². The Bertz CT molecular complexity index is 810. The molecule has 27 heavy (non-hydrogen) atoms. The van der Waals surface area contributed by atoms with Crippen LogP contribution >= 0.6 is 11.6 Å². The van der Waals surface area contributed by atoms with Crippen molar-refractivity contribution >= 4 is 17.5 Å². The number of carbonyl (C=O) groups is 1. The minimum atomic E-state index is -0.616. The Hall–Kier alpha value is -2.15. The van der Waals surface area contributed by atoms with Crippen molar-refractivity contribution in [1.82, 2.24) is 10.3 Å². The van der Waals surface area contributed by atoms with E-state index in [9.17, 15) is 9.90 Å². The number of rotatable bonds is 5. The molecule has 0 bridgehead atoms. The average Bonchev–Trinajstić information content (AvgIpc) is 2.67. The molecule has 7 heteroatoms. The first-order valence-corrected chi connectivity index (χ1v) is 9.21. The number of methoxy groups -OCH3 is 1. The fourth-order valence-corrected chi connectivity index (χ4v) is 3.20. The number of nitrogens with one attached hydrogen (secondary N) is 1. The van der Waals surface area contributed by atoms with E-state index < -0.39 is 12.1 Å². The van der Waals surface area contributed by atoms with Crippen molar-refractivity contribution in [3.8, 4) is 5.75 Å². The molecule has 2 N–H and O–H groups in total. The van der Waals surface area contributed by atoms with E-state index in [4.69, 9.17) is 21.1 Å². The summed E-state index contributed by atoms with van der Waals surface area (Å²) in [6.45, 7) is 2.56. The van der Waals surface area contributed by atoms with Crippen LogP contribution in [0.3, 0.4) is 0 Å². The summed E-state index contributed by atoms with van der Waals surface area (Å²) in [4.78, 5) is 16.9. The molecule has 1 fully saturated rings. The maximum Gasteiger partial charge on any atom is 0.270 e. The highest BCUT2D eigenvalue weighted by atomic mass is 35.5. The lowest BCUT2D eigenvalue weighted by atomic mass is 10.0. The predicted octanol–water partition coefficient (Wildman–Crippen LogP) is 2.52. The molecule has 0 aliphatic carbocycles. The zero-order valence-electron chi connectivity index (χ0n) is 15.4. The predicted molar refractivity (Wildman–Crippen MR) is 102 cm³/mol. The molecule has 6 nitrogen and oxygen atoms in total. The molecule has 0 unspecified atom stereocenters. The van der Waals surface area contributed by atoms with E-state index in [1.165, 1.54) is 0 Å². The molecule has 3 rings (SSSR count). The summed E-state index contributed by atoms with van der Waals surface area (Å²) < 4.78 is 10.5. The van der Waals surface area contributed by atoms with Crippen molar-refractivity contribution in [3.63, 3.8) is 0 Å². The summed E-state index contributed by atoms with van der Waals surface area (Å²) in [5.74, 6) is 0.435. The van der Waals surface area contributed by atoms with Crippen LogP contribution < -0.4 is 10.1 Å². The fraction of sp³-hybridized carbons (Fsp3) is 0.400. The second kappa shape index (κ2) is 8.69. The van der Waals surface area contributed by atoms with Crippen LogP contribution in [0.15, 0.2) is 30.3 Å². The Balaban J connectivity index is 1.79. The van der Waals surface area contributed by atoms with Gasteiger partial charge in [-0.2, -0.15) is 0 Å². The number of aliphatic hydroxyl groups excluding tert-OH is 1. The number of halogens is 1. The summed E-state index contributed by atoms with van der Waals surface area (Å²) >= 11 is 6.41. The SMILES string of the molecule is COc1ccc(Cc2cc(C(=O)N[C@H]3COCC[C@@H]3O)nc(C)c2Cl)cc1. The molecular weight excluding hydrogens is 368 g/mol. The smallest absolute Gasteiger partial charge is 0.270 e. The van der Waals surface area contributed by atoms with E-state index in [1.54, 1.807) is 20.1 Å². The number of benzene rings is 1. The van der Waals surface area contributed by atoms with E-state index in [0.717, 1.165) is 16.9 Å². The van der Waals surface area contributed by atoms with Crippen LogP contribution in [0.1, 0.15) is 33.7 Å². The number of hydrogen-bond donors (Lipinski definition) is 2. The third-order valence-electron chi connectivity index (χ3n) is 4.62. The Morgan fingerprint density at radius 1 is 1.41 bits per heavy atom. The van der Waals surface area contributed by atoms with Crippen molar-refractivity contribution in [3.05, 3.63) is 57.9 Å². The van der Waals surface area contributed by atoms with Crippen LogP contribution in [-0.4, -0.2) is 48.5 Å². The summed E-state index contributed by atoms with van der Waals surface area (Å²) in [6, 6.07) is 8.95. The third-order valence-corrected chi connectivity index (χ3v) is 5.14. The van der Waals surface area contributed by atoms with Gasteiger partial charge < -0.3 is 19.9 Å². The standard InChI is InChI=1S/C20H23ClN2O4/c1-12-19(21)14(9-13-3-5-15(26-2)6-4-13)10-16(22-12)20(25)23-17-11-27-8-7-18(17)24/h3-6,10,17-18,24H,7-9,11H2,1-2H3,(H,23,25)/t17-,18-/m0/s1. The molecule has 1 amide bonds. The van der Waals surface area contributed by atoms with Crippen molar-refractivity contribution in [2.75, 3.05) is 20.3 Å². The van der Waals surface area contributed by atoms with Gasteiger partial charge in [0.05, 0.1) is 36.6 Å². The summed E-state index contributed by atoms with van der Waals surface area (Å²) in [7, 11) is 1.62. The van der Waals surface area contributed by atoms with Crippen LogP contribution in [0.4, 0.5) is 0 Å². The maximum atomic E-state index is 12.6. The molecule has 1 aromatic carbocycles. The Kier molecular flexibility index (Phi) is 6.31. The van der Waals surface area contributed by atoms with E-state index in [2.05, 4.69) is 10.3 Å². The number of aromatic nitrogens is 1. The molecule has 1 aliphatic rings. The van der Waals surface area contributed by atoms with Crippen molar-refractivity contribution < 1.29 is 19.4 Å². The number of pyridine rings is 1. The summed E-state index contributed by atoms with van der Waals surface area (Å²) in [6.07, 6.45) is 0.456.